The van der Waals surface area contributed by atoms with Gasteiger partial charge in [-0.2, -0.15) is 0 Å². The highest BCUT2D eigenvalue weighted by atomic mass is 35.5. The number of hydrogen-bond donors (Lipinski definition) is 1. The standard InChI is InChI=1S/C19H18ClN3O/c1-12(2)16-8-13-7-15(20)18(9-17(13)22-16)24-11-14-10-23-6-4-3-5-19(23)21-14/h3-10,12,22H,11H2,1-2H3. The summed E-state index contributed by atoms with van der Waals surface area (Å²) in [5.41, 5.74) is 4.00. The number of nitrogens with zero attached hydrogens (tertiary/aromatic N) is 2. The SMILES string of the molecule is CC(C)c1cc2cc(Cl)c(OCc3cn4ccccc4n3)cc2[nH]1. The number of aromatic nitrogens is 3. The first kappa shape index (κ1) is 15.1. The van der Waals surface area contributed by atoms with Gasteiger partial charge in [-0.15, -0.1) is 0 Å². The minimum Gasteiger partial charge on any atom is -0.486 e. The summed E-state index contributed by atoms with van der Waals surface area (Å²) in [7, 11) is 0. The van der Waals surface area contributed by atoms with Crippen LogP contribution in [0.4, 0.5) is 0 Å². The molecule has 3 aromatic heterocycles. The minimum atomic E-state index is 0.380. The van der Waals surface area contributed by atoms with Gasteiger partial charge >= 0.3 is 0 Å². The molecule has 4 rings (SSSR count). The van der Waals surface area contributed by atoms with Crippen LogP contribution < -0.4 is 4.74 Å². The van der Waals surface area contributed by atoms with E-state index in [0.717, 1.165) is 22.2 Å². The van der Waals surface area contributed by atoms with Crippen molar-refractivity contribution in [2.75, 3.05) is 0 Å². The molecule has 0 atom stereocenters. The molecule has 0 radical (unpaired) electrons. The Morgan fingerprint density at radius 2 is 2.12 bits per heavy atom. The maximum Gasteiger partial charge on any atom is 0.140 e. The molecule has 0 aliphatic heterocycles. The van der Waals surface area contributed by atoms with Crippen molar-refractivity contribution in [3.63, 3.8) is 0 Å². The van der Waals surface area contributed by atoms with Gasteiger partial charge in [-0.1, -0.05) is 31.5 Å². The molecular weight excluding hydrogens is 322 g/mol. The third kappa shape index (κ3) is 2.74. The van der Waals surface area contributed by atoms with Crippen LogP contribution in [-0.2, 0) is 6.61 Å². The van der Waals surface area contributed by atoms with Crippen LogP contribution in [0.15, 0.2) is 48.8 Å². The van der Waals surface area contributed by atoms with E-state index in [1.807, 2.05) is 47.1 Å². The second-order valence-electron chi connectivity index (χ2n) is 6.24. The first-order chi connectivity index (χ1) is 11.6. The summed E-state index contributed by atoms with van der Waals surface area (Å²) in [6.07, 6.45) is 3.94. The molecule has 5 heteroatoms. The van der Waals surface area contributed by atoms with E-state index in [4.69, 9.17) is 16.3 Å². The van der Waals surface area contributed by atoms with Gasteiger partial charge < -0.3 is 14.1 Å². The Kier molecular flexibility index (Phi) is 3.69. The van der Waals surface area contributed by atoms with Crippen LogP contribution >= 0.6 is 11.6 Å². The number of benzene rings is 1. The maximum absolute atomic E-state index is 6.37. The second kappa shape index (κ2) is 5.87. The van der Waals surface area contributed by atoms with Gasteiger partial charge in [-0.3, -0.25) is 0 Å². The smallest absolute Gasteiger partial charge is 0.140 e. The minimum absolute atomic E-state index is 0.380. The zero-order chi connectivity index (χ0) is 16.7. The Bertz CT molecular complexity index is 983. The number of ether oxygens (including phenoxy) is 1. The Labute approximate surface area is 145 Å². The van der Waals surface area contributed by atoms with E-state index in [1.54, 1.807) is 0 Å². The Hall–Kier alpha value is -2.46. The molecule has 4 nitrogen and oxygen atoms in total. The molecule has 4 aromatic rings. The fraction of sp³-hybridized carbons (Fsp3) is 0.211. The van der Waals surface area contributed by atoms with E-state index < -0.39 is 0 Å². The van der Waals surface area contributed by atoms with Gasteiger partial charge in [0.25, 0.3) is 0 Å². The number of hydrogen-bond acceptors (Lipinski definition) is 2. The molecule has 0 fully saturated rings. The Morgan fingerprint density at radius 3 is 2.92 bits per heavy atom. The van der Waals surface area contributed by atoms with Crippen molar-refractivity contribution in [1.29, 1.82) is 0 Å². The van der Waals surface area contributed by atoms with Crippen molar-refractivity contribution in [1.82, 2.24) is 14.4 Å². The summed E-state index contributed by atoms with van der Waals surface area (Å²) in [5.74, 6) is 1.11. The lowest BCUT2D eigenvalue weighted by atomic mass is 10.1. The molecule has 122 valence electrons. The molecule has 0 aliphatic carbocycles. The second-order valence-corrected chi connectivity index (χ2v) is 6.64. The topological polar surface area (TPSA) is 42.3 Å². The molecule has 0 bridgehead atoms. The maximum atomic E-state index is 6.37. The summed E-state index contributed by atoms with van der Waals surface area (Å²) in [6, 6.07) is 11.9. The quantitative estimate of drug-likeness (QED) is 0.557. The lowest BCUT2D eigenvalue weighted by molar-refractivity contribution is 0.302. The van der Waals surface area contributed by atoms with Gasteiger partial charge in [0.15, 0.2) is 0 Å². The van der Waals surface area contributed by atoms with Crippen LogP contribution in [-0.4, -0.2) is 14.4 Å². The lowest BCUT2D eigenvalue weighted by Gasteiger charge is -2.06. The number of fused-ring (bicyclic) bond motifs is 2. The summed E-state index contributed by atoms with van der Waals surface area (Å²) in [5, 5.41) is 1.71. The molecule has 1 N–H and O–H groups in total. The predicted octanol–water partition coefficient (Wildman–Crippen LogP) is 5.17. The van der Waals surface area contributed by atoms with E-state index in [0.29, 0.717) is 23.3 Å². The molecule has 0 aliphatic rings. The van der Waals surface area contributed by atoms with Gasteiger partial charge in [0.05, 0.1) is 10.7 Å². The van der Waals surface area contributed by atoms with Gasteiger partial charge in [0, 0.05) is 35.1 Å². The van der Waals surface area contributed by atoms with Crippen LogP contribution in [0.5, 0.6) is 5.75 Å². The van der Waals surface area contributed by atoms with E-state index in [1.165, 1.54) is 5.69 Å². The van der Waals surface area contributed by atoms with Crippen LogP contribution in [0, 0.1) is 0 Å². The third-order valence-electron chi connectivity index (χ3n) is 4.11. The highest BCUT2D eigenvalue weighted by molar-refractivity contribution is 6.32. The van der Waals surface area contributed by atoms with E-state index in [9.17, 15) is 0 Å². The molecule has 0 saturated carbocycles. The fourth-order valence-electron chi connectivity index (χ4n) is 2.79. The average Bonchev–Trinajstić information content (AvgIpc) is 3.15. The Balaban J connectivity index is 1.60. The van der Waals surface area contributed by atoms with E-state index in [2.05, 4.69) is 29.9 Å². The normalized spacial score (nSPS) is 11.7. The summed E-state index contributed by atoms with van der Waals surface area (Å²) >= 11 is 6.37. The highest BCUT2D eigenvalue weighted by Gasteiger charge is 2.10. The van der Waals surface area contributed by atoms with Crippen molar-refractivity contribution in [2.45, 2.75) is 26.4 Å². The Morgan fingerprint density at radius 1 is 1.25 bits per heavy atom. The largest absolute Gasteiger partial charge is 0.486 e. The predicted molar refractivity (Wildman–Crippen MR) is 96.9 cm³/mol. The van der Waals surface area contributed by atoms with Crippen LogP contribution in [0.2, 0.25) is 5.02 Å². The van der Waals surface area contributed by atoms with Gasteiger partial charge in [0.2, 0.25) is 0 Å². The zero-order valence-electron chi connectivity index (χ0n) is 13.6. The monoisotopic (exact) mass is 339 g/mol. The molecule has 1 aromatic carbocycles. The number of nitrogens with one attached hydrogen (secondary N) is 1. The van der Waals surface area contributed by atoms with Gasteiger partial charge in [-0.05, 0) is 30.2 Å². The van der Waals surface area contributed by atoms with Gasteiger partial charge in [0.1, 0.15) is 18.0 Å². The number of aromatic amines is 1. The molecule has 0 spiro atoms. The zero-order valence-corrected chi connectivity index (χ0v) is 14.3. The van der Waals surface area contributed by atoms with Crippen molar-refractivity contribution < 1.29 is 4.74 Å². The van der Waals surface area contributed by atoms with Gasteiger partial charge in [-0.25, -0.2) is 4.98 Å². The molecule has 24 heavy (non-hydrogen) atoms. The van der Waals surface area contributed by atoms with E-state index >= 15 is 0 Å². The fourth-order valence-corrected chi connectivity index (χ4v) is 3.01. The van der Waals surface area contributed by atoms with Crippen LogP contribution in [0.25, 0.3) is 16.6 Å². The molecule has 0 unspecified atom stereocenters. The average molecular weight is 340 g/mol. The van der Waals surface area contributed by atoms with E-state index in [-0.39, 0.29) is 0 Å². The molecule has 0 saturated heterocycles. The summed E-state index contributed by atoms with van der Waals surface area (Å²) in [6.45, 7) is 4.70. The lowest BCUT2D eigenvalue weighted by Crippen LogP contribution is -1.96. The van der Waals surface area contributed by atoms with Crippen LogP contribution in [0.1, 0.15) is 31.2 Å². The summed E-state index contributed by atoms with van der Waals surface area (Å²) < 4.78 is 7.88. The number of pyridine rings is 1. The number of H-pyrrole nitrogens is 1. The molecular formula is C19H18ClN3O. The number of rotatable bonds is 4. The van der Waals surface area contributed by atoms with Crippen molar-refractivity contribution in [3.05, 3.63) is 65.2 Å². The number of imidazole rings is 1. The van der Waals surface area contributed by atoms with Crippen molar-refractivity contribution in [3.8, 4) is 5.75 Å². The van der Waals surface area contributed by atoms with Crippen molar-refractivity contribution >= 4 is 28.2 Å². The molecule has 0 amide bonds. The summed E-state index contributed by atoms with van der Waals surface area (Å²) in [4.78, 5) is 7.96. The van der Waals surface area contributed by atoms with Crippen LogP contribution in [0.3, 0.4) is 0 Å². The first-order valence-electron chi connectivity index (χ1n) is 7.98. The first-order valence-corrected chi connectivity index (χ1v) is 8.35. The molecule has 3 heterocycles. The third-order valence-corrected chi connectivity index (χ3v) is 4.40. The number of halogens is 1. The highest BCUT2D eigenvalue weighted by Crippen LogP contribution is 2.32. The van der Waals surface area contributed by atoms with Crippen molar-refractivity contribution in [2.24, 2.45) is 0 Å².